The summed E-state index contributed by atoms with van der Waals surface area (Å²) in [4.78, 5) is 29.3. The van der Waals surface area contributed by atoms with Crippen LogP contribution in [0.15, 0.2) is 65.4 Å². The molecular weight excluding hydrogens is 454 g/mol. The standard InChI is InChI=1S/C25H31N3O3S2/c1-2-3-11-21(27-24(29)26-16-20-9-5-4-6-10-20)17-28(18-22-12-7-14-32-22)25(30)31-19-23-13-8-15-33-23/h4-10,12-15,21H,2-3,11,16-19H2,1H3,(H2,26,27,29)/t21-/m1/s1. The fourth-order valence-electron chi connectivity index (χ4n) is 3.35. The van der Waals surface area contributed by atoms with Crippen LogP contribution in [0.25, 0.3) is 0 Å². The minimum atomic E-state index is -0.371. The predicted octanol–water partition coefficient (Wildman–Crippen LogP) is 6.01. The highest BCUT2D eigenvalue weighted by molar-refractivity contribution is 7.10. The van der Waals surface area contributed by atoms with E-state index < -0.39 is 0 Å². The van der Waals surface area contributed by atoms with Crippen LogP contribution < -0.4 is 10.6 Å². The van der Waals surface area contributed by atoms with Crippen molar-refractivity contribution in [1.29, 1.82) is 0 Å². The van der Waals surface area contributed by atoms with Gasteiger partial charge in [-0.25, -0.2) is 9.59 Å². The van der Waals surface area contributed by atoms with Crippen molar-refractivity contribution >= 4 is 34.8 Å². The number of amides is 3. The van der Waals surface area contributed by atoms with Crippen molar-refractivity contribution in [2.24, 2.45) is 0 Å². The van der Waals surface area contributed by atoms with E-state index in [1.165, 1.54) is 0 Å². The van der Waals surface area contributed by atoms with E-state index in [0.717, 1.165) is 34.6 Å². The third-order valence-corrected chi connectivity index (χ3v) is 6.79. The monoisotopic (exact) mass is 485 g/mol. The number of carbonyl (C=O) groups excluding carboxylic acids is 2. The van der Waals surface area contributed by atoms with Crippen LogP contribution in [0.5, 0.6) is 0 Å². The quantitative estimate of drug-likeness (QED) is 0.330. The van der Waals surface area contributed by atoms with Gasteiger partial charge in [-0.05, 0) is 34.9 Å². The van der Waals surface area contributed by atoms with Crippen molar-refractivity contribution in [1.82, 2.24) is 15.5 Å². The zero-order valence-corrected chi connectivity index (χ0v) is 20.5. The summed E-state index contributed by atoms with van der Waals surface area (Å²) in [6.45, 7) is 3.67. The first-order valence-corrected chi connectivity index (χ1v) is 12.9. The molecule has 3 amide bonds. The van der Waals surface area contributed by atoms with Crippen LogP contribution in [0.4, 0.5) is 9.59 Å². The van der Waals surface area contributed by atoms with Gasteiger partial charge in [-0.1, -0.05) is 62.2 Å². The minimum absolute atomic E-state index is 0.171. The molecule has 3 aromatic rings. The Labute approximate surface area is 203 Å². The molecule has 0 aliphatic rings. The summed E-state index contributed by atoms with van der Waals surface area (Å²) in [6.07, 6.45) is 2.39. The van der Waals surface area contributed by atoms with E-state index in [4.69, 9.17) is 4.74 Å². The highest BCUT2D eigenvalue weighted by atomic mass is 32.1. The van der Waals surface area contributed by atoms with Gasteiger partial charge in [0.15, 0.2) is 0 Å². The van der Waals surface area contributed by atoms with Crippen LogP contribution in [0, 0.1) is 0 Å². The topological polar surface area (TPSA) is 70.7 Å². The third kappa shape index (κ3) is 8.90. The van der Waals surface area contributed by atoms with Crippen molar-refractivity contribution < 1.29 is 14.3 Å². The Kier molecular flexibility index (Phi) is 10.3. The van der Waals surface area contributed by atoms with Gasteiger partial charge in [-0.3, -0.25) is 0 Å². The Hall–Kier alpha value is -2.84. The Balaban J connectivity index is 1.61. The molecule has 176 valence electrons. The number of benzene rings is 1. The third-order valence-electron chi connectivity index (χ3n) is 5.08. The first-order valence-electron chi connectivity index (χ1n) is 11.2. The van der Waals surface area contributed by atoms with Crippen LogP contribution in [0.1, 0.15) is 41.5 Å². The Morgan fingerprint density at radius 3 is 2.39 bits per heavy atom. The number of nitrogens with zero attached hydrogens (tertiary/aromatic N) is 1. The molecule has 1 atom stereocenters. The van der Waals surface area contributed by atoms with Gasteiger partial charge in [-0.15, -0.1) is 22.7 Å². The molecule has 2 N–H and O–H groups in total. The first-order chi connectivity index (χ1) is 16.1. The molecule has 1 aromatic carbocycles. The molecule has 2 heterocycles. The molecule has 3 rings (SSSR count). The van der Waals surface area contributed by atoms with Gasteiger partial charge >= 0.3 is 12.1 Å². The number of hydrogen-bond acceptors (Lipinski definition) is 5. The highest BCUT2D eigenvalue weighted by Gasteiger charge is 2.22. The second-order valence-electron chi connectivity index (χ2n) is 7.75. The smallest absolute Gasteiger partial charge is 0.410 e. The number of hydrogen-bond donors (Lipinski definition) is 2. The molecule has 0 bridgehead atoms. The second-order valence-corrected chi connectivity index (χ2v) is 9.81. The lowest BCUT2D eigenvalue weighted by Crippen LogP contribution is -2.48. The van der Waals surface area contributed by atoms with Crippen molar-refractivity contribution in [2.75, 3.05) is 6.54 Å². The number of unbranched alkanes of at least 4 members (excludes halogenated alkanes) is 1. The Morgan fingerprint density at radius 1 is 1.00 bits per heavy atom. The van der Waals surface area contributed by atoms with E-state index in [2.05, 4.69) is 17.6 Å². The molecule has 0 unspecified atom stereocenters. The minimum Gasteiger partial charge on any atom is -0.444 e. The SMILES string of the molecule is CCCC[C@H](CN(Cc1cccs1)C(=O)OCc1cccs1)NC(=O)NCc1ccccc1. The number of nitrogens with one attached hydrogen (secondary N) is 2. The summed E-state index contributed by atoms with van der Waals surface area (Å²) in [5.74, 6) is 0. The zero-order valence-electron chi connectivity index (χ0n) is 18.9. The van der Waals surface area contributed by atoms with Crippen molar-refractivity contribution in [3.05, 3.63) is 80.7 Å². The average Bonchev–Trinajstić information content (AvgIpc) is 3.54. The van der Waals surface area contributed by atoms with E-state index in [0.29, 0.717) is 19.6 Å². The summed E-state index contributed by atoms with van der Waals surface area (Å²) < 4.78 is 5.59. The van der Waals surface area contributed by atoms with Crippen LogP contribution >= 0.6 is 22.7 Å². The van der Waals surface area contributed by atoms with Gasteiger partial charge in [-0.2, -0.15) is 0 Å². The second kappa shape index (κ2) is 13.6. The first kappa shape index (κ1) is 24.8. The van der Waals surface area contributed by atoms with Crippen molar-refractivity contribution in [3.63, 3.8) is 0 Å². The normalized spacial score (nSPS) is 11.5. The largest absolute Gasteiger partial charge is 0.444 e. The lowest BCUT2D eigenvalue weighted by molar-refractivity contribution is 0.0906. The fraction of sp³-hybridized carbons (Fsp3) is 0.360. The van der Waals surface area contributed by atoms with Gasteiger partial charge < -0.3 is 20.3 Å². The predicted molar refractivity (Wildman–Crippen MR) is 134 cm³/mol. The molecule has 6 nitrogen and oxygen atoms in total. The van der Waals surface area contributed by atoms with Gasteiger partial charge in [0.25, 0.3) is 0 Å². The van der Waals surface area contributed by atoms with Gasteiger partial charge in [0, 0.05) is 28.9 Å². The van der Waals surface area contributed by atoms with E-state index in [1.54, 1.807) is 27.6 Å². The summed E-state index contributed by atoms with van der Waals surface area (Å²) in [5.41, 5.74) is 1.04. The van der Waals surface area contributed by atoms with Crippen LogP contribution in [0.3, 0.4) is 0 Å². The zero-order chi connectivity index (χ0) is 23.3. The Morgan fingerprint density at radius 2 is 1.73 bits per heavy atom. The van der Waals surface area contributed by atoms with Crippen LogP contribution in [0.2, 0.25) is 0 Å². The number of carbonyl (C=O) groups is 2. The molecule has 0 saturated heterocycles. The number of urea groups is 1. The summed E-state index contributed by atoms with van der Waals surface area (Å²) in [7, 11) is 0. The van der Waals surface area contributed by atoms with E-state index in [1.807, 2.05) is 65.4 Å². The molecule has 8 heteroatoms. The number of ether oxygens (including phenoxy) is 1. The summed E-state index contributed by atoms with van der Waals surface area (Å²) >= 11 is 3.16. The van der Waals surface area contributed by atoms with Crippen molar-refractivity contribution in [3.8, 4) is 0 Å². The summed E-state index contributed by atoms with van der Waals surface area (Å²) in [6, 6.07) is 17.3. The van der Waals surface area contributed by atoms with Gasteiger partial charge in [0.1, 0.15) is 6.61 Å². The van der Waals surface area contributed by atoms with Crippen LogP contribution in [-0.4, -0.2) is 29.6 Å². The molecule has 0 spiro atoms. The fourth-order valence-corrected chi connectivity index (χ4v) is 4.69. The molecular formula is C25H31N3O3S2. The van der Waals surface area contributed by atoms with Gasteiger partial charge in [0.2, 0.25) is 0 Å². The van der Waals surface area contributed by atoms with E-state index in [-0.39, 0.29) is 24.8 Å². The maximum absolute atomic E-state index is 13.0. The number of rotatable bonds is 12. The summed E-state index contributed by atoms with van der Waals surface area (Å²) in [5, 5.41) is 9.94. The molecule has 2 aromatic heterocycles. The molecule has 0 aliphatic carbocycles. The molecule has 0 saturated carbocycles. The lowest BCUT2D eigenvalue weighted by Gasteiger charge is -2.27. The molecule has 0 radical (unpaired) electrons. The molecule has 0 aliphatic heterocycles. The van der Waals surface area contributed by atoms with Gasteiger partial charge in [0.05, 0.1) is 6.54 Å². The van der Waals surface area contributed by atoms with Crippen LogP contribution in [-0.2, 0) is 24.4 Å². The lowest BCUT2D eigenvalue weighted by atomic mass is 10.1. The maximum Gasteiger partial charge on any atom is 0.410 e. The van der Waals surface area contributed by atoms with E-state index >= 15 is 0 Å². The van der Waals surface area contributed by atoms with Crippen molar-refractivity contribution in [2.45, 2.75) is 51.9 Å². The number of thiophene rings is 2. The Bertz CT molecular complexity index is 947. The highest BCUT2D eigenvalue weighted by Crippen LogP contribution is 2.16. The van der Waals surface area contributed by atoms with E-state index in [9.17, 15) is 9.59 Å². The average molecular weight is 486 g/mol. The molecule has 33 heavy (non-hydrogen) atoms. The molecule has 0 fully saturated rings. The maximum atomic E-state index is 13.0.